The number of rotatable bonds is 3. The van der Waals surface area contributed by atoms with Gasteiger partial charge in [0, 0.05) is 10.7 Å². The van der Waals surface area contributed by atoms with Gasteiger partial charge >= 0.3 is 6.36 Å². The van der Waals surface area contributed by atoms with E-state index >= 15 is 0 Å². The molecule has 0 saturated heterocycles. The van der Waals surface area contributed by atoms with Crippen LogP contribution in [0.1, 0.15) is 18.1 Å². The molecule has 0 fully saturated rings. The summed E-state index contributed by atoms with van der Waals surface area (Å²) in [5, 5.41) is 8.70. The number of hydrogen-bond acceptors (Lipinski definition) is 4. The van der Waals surface area contributed by atoms with E-state index in [0.717, 1.165) is 6.07 Å². The molecule has 0 saturated carbocycles. The molecule has 0 aliphatic rings. The van der Waals surface area contributed by atoms with Crippen LogP contribution in [0, 0.1) is 11.3 Å². The summed E-state index contributed by atoms with van der Waals surface area (Å²) in [5.74, 6) is -1.00. The standard InChI is InChI=1S/C10H7ClF3NO3S/c1-2-7-3-6(5-15)4-8(18-10(12,13)14)9(7)19(11,16)17/h3-4H,2H2,1H3. The summed E-state index contributed by atoms with van der Waals surface area (Å²) in [4.78, 5) is -0.770. The largest absolute Gasteiger partial charge is 0.573 e. The maximum Gasteiger partial charge on any atom is 0.573 e. The number of nitriles is 1. The monoisotopic (exact) mass is 313 g/mol. The van der Waals surface area contributed by atoms with Gasteiger partial charge < -0.3 is 4.74 Å². The highest BCUT2D eigenvalue weighted by Crippen LogP contribution is 2.35. The molecule has 9 heteroatoms. The molecule has 0 atom stereocenters. The smallest absolute Gasteiger partial charge is 0.404 e. The minimum Gasteiger partial charge on any atom is -0.404 e. The Balaban J connectivity index is 3.62. The predicted molar refractivity (Wildman–Crippen MR) is 60.3 cm³/mol. The molecule has 104 valence electrons. The van der Waals surface area contributed by atoms with E-state index in [9.17, 15) is 21.6 Å². The number of hydrogen-bond donors (Lipinski definition) is 0. The van der Waals surface area contributed by atoms with Crippen LogP contribution in [-0.2, 0) is 15.5 Å². The first-order valence-electron chi connectivity index (χ1n) is 4.86. The first-order valence-corrected chi connectivity index (χ1v) is 7.17. The highest BCUT2D eigenvalue weighted by Gasteiger charge is 2.35. The van der Waals surface area contributed by atoms with Crippen molar-refractivity contribution < 1.29 is 26.3 Å². The zero-order chi connectivity index (χ0) is 14.8. The number of ether oxygens (including phenoxy) is 1. The Morgan fingerprint density at radius 3 is 2.37 bits per heavy atom. The maximum atomic E-state index is 12.2. The van der Waals surface area contributed by atoms with Gasteiger partial charge in [-0.2, -0.15) is 5.26 Å². The van der Waals surface area contributed by atoms with Gasteiger partial charge in [-0.15, -0.1) is 13.2 Å². The molecular weight excluding hydrogens is 307 g/mol. The third-order valence-electron chi connectivity index (χ3n) is 2.11. The van der Waals surface area contributed by atoms with Crippen molar-refractivity contribution >= 4 is 19.7 Å². The van der Waals surface area contributed by atoms with Crippen molar-refractivity contribution in [3.63, 3.8) is 0 Å². The Kier molecular flexibility index (Phi) is 4.32. The molecule has 0 aromatic heterocycles. The van der Waals surface area contributed by atoms with E-state index in [1.54, 1.807) is 6.07 Å². The molecule has 0 radical (unpaired) electrons. The number of halogens is 4. The van der Waals surface area contributed by atoms with E-state index in [1.807, 2.05) is 0 Å². The van der Waals surface area contributed by atoms with Gasteiger partial charge in [-0.1, -0.05) is 6.92 Å². The molecule has 0 N–H and O–H groups in total. The van der Waals surface area contributed by atoms with Crippen LogP contribution in [0.15, 0.2) is 17.0 Å². The summed E-state index contributed by atoms with van der Waals surface area (Å²) in [6, 6.07) is 3.45. The molecule has 19 heavy (non-hydrogen) atoms. The van der Waals surface area contributed by atoms with Gasteiger partial charge in [0.15, 0.2) is 5.75 Å². The lowest BCUT2D eigenvalue weighted by atomic mass is 10.1. The van der Waals surface area contributed by atoms with Gasteiger partial charge in [0.2, 0.25) is 0 Å². The van der Waals surface area contributed by atoms with E-state index < -0.39 is 26.1 Å². The zero-order valence-corrected chi connectivity index (χ0v) is 11.0. The fraction of sp³-hybridized carbons (Fsp3) is 0.300. The van der Waals surface area contributed by atoms with Crippen LogP contribution in [0.2, 0.25) is 0 Å². The van der Waals surface area contributed by atoms with Crippen molar-refractivity contribution in [1.29, 1.82) is 5.26 Å². The maximum absolute atomic E-state index is 12.2. The molecule has 0 spiro atoms. The lowest BCUT2D eigenvalue weighted by molar-refractivity contribution is -0.275. The second-order valence-electron chi connectivity index (χ2n) is 3.41. The van der Waals surface area contributed by atoms with E-state index in [2.05, 4.69) is 4.74 Å². The molecule has 0 aliphatic carbocycles. The fourth-order valence-corrected chi connectivity index (χ4v) is 2.85. The van der Waals surface area contributed by atoms with Crippen LogP contribution < -0.4 is 4.74 Å². The fourth-order valence-electron chi connectivity index (χ4n) is 1.46. The van der Waals surface area contributed by atoms with Crippen molar-refractivity contribution in [3.8, 4) is 11.8 Å². The summed E-state index contributed by atoms with van der Waals surface area (Å²) in [5.41, 5.74) is -0.173. The van der Waals surface area contributed by atoms with E-state index in [4.69, 9.17) is 15.9 Å². The van der Waals surface area contributed by atoms with Crippen LogP contribution in [0.3, 0.4) is 0 Å². The summed E-state index contributed by atoms with van der Waals surface area (Å²) in [6.45, 7) is 1.51. The molecule has 1 aromatic rings. The summed E-state index contributed by atoms with van der Waals surface area (Å²) in [7, 11) is 0.678. The number of aryl methyl sites for hydroxylation is 1. The first kappa shape index (κ1) is 15.6. The minimum absolute atomic E-state index is 0.0201. The number of benzene rings is 1. The van der Waals surface area contributed by atoms with Crippen molar-refractivity contribution in [3.05, 3.63) is 23.3 Å². The van der Waals surface area contributed by atoms with Crippen molar-refractivity contribution in [2.45, 2.75) is 24.6 Å². The van der Waals surface area contributed by atoms with Gasteiger partial charge in [-0.25, -0.2) is 8.42 Å². The van der Waals surface area contributed by atoms with Gasteiger partial charge in [0.1, 0.15) is 4.90 Å². The molecule has 0 aliphatic heterocycles. The molecule has 4 nitrogen and oxygen atoms in total. The van der Waals surface area contributed by atoms with E-state index in [1.165, 1.54) is 6.92 Å². The minimum atomic E-state index is -5.09. The molecule has 0 amide bonds. The van der Waals surface area contributed by atoms with Crippen LogP contribution in [0.25, 0.3) is 0 Å². The van der Waals surface area contributed by atoms with Crippen molar-refractivity contribution in [1.82, 2.24) is 0 Å². The number of alkyl halides is 3. The Bertz CT molecular complexity index is 635. The third-order valence-corrected chi connectivity index (χ3v) is 3.53. The van der Waals surface area contributed by atoms with Gasteiger partial charge in [-0.3, -0.25) is 0 Å². The highest BCUT2D eigenvalue weighted by molar-refractivity contribution is 8.13. The summed E-state index contributed by atoms with van der Waals surface area (Å²) in [6.07, 6.45) is -5.01. The average molecular weight is 314 g/mol. The lowest BCUT2D eigenvalue weighted by Gasteiger charge is -2.14. The van der Waals surface area contributed by atoms with Crippen LogP contribution in [0.4, 0.5) is 13.2 Å². The quantitative estimate of drug-likeness (QED) is 0.805. The molecule has 1 rings (SSSR count). The van der Waals surface area contributed by atoms with Crippen molar-refractivity contribution in [2.75, 3.05) is 0 Å². The van der Waals surface area contributed by atoms with Gasteiger partial charge in [0.25, 0.3) is 9.05 Å². The van der Waals surface area contributed by atoms with Crippen molar-refractivity contribution in [2.24, 2.45) is 0 Å². The predicted octanol–water partition coefficient (Wildman–Crippen LogP) is 2.95. The third kappa shape index (κ3) is 4.01. The SMILES string of the molecule is CCc1cc(C#N)cc(OC(F)(F)F)c1S(=O)(=O)Cl. The summed E-state index contributed by atoms with van der Waals surface area (Å²) < 4.78 is 63.1. The van der Waals surface area contributed by atoms with E-state index in [-0.39, 0.29) is 17.5 Å². The molecule has 1 aromatic carbocycles. The molecule has 0 heterocycles. The second kappa shape index (κ2) is 5.27. The first-order chi connectivity index (χ1) is 8.58. The lowest BCUT2D eigenvalue weighted by Crippen LogP contribution is -2.19. The Morgan fingerprint density at radius 2 is 2.00 bits per heavy atom. The summed E-state index contributed by atoms with van der Waals surface area (Å²) >= 11 is 0. The Labute approximate surface area is 111 Å². The average Bonchev–Trinajstić information content (AvgIpc) is 2.23. The van der Waals surface area contributed by atoms with Gasteiger partial charge in [0.05, 0.1) is 11.6 Å². The zero-order valence-electron chi connectivity index (χ0n) is 9.45. The second-order valence-corrected chi connectivity index (χ2v) is 5.92. The Morgan fingerprint density at radius 1 is 1.42 bits per heavy atom. The van der Waals surface area contributed by atoms with Crippen LogP contribution >= 0.6 is 10.7 Å². The van der Waals surface area contributed by atoms with E-state index in [0.29, 0.717) is 6.07 Å². The van der Waals surface area contributed by atoms with Crippen LogP contribution in [0.5, 0.6) is 5.75 Å². The van der Waals surface area contributed by atoms with Gasteiger partial charge in [-0.05, 0) is 24.1 Å². The molecular formula is C10H7ClF3NO3S. The topological polar surface area (TPSA) is 67.2 Å². The Hall–Kier alpha value is -1.46. The highest BCUT2D eigenvalue weighted by atomic mass is 35.7. The normalized spacial score (nSPS) is 12.0. The number of nitrogens with zero attached hydrogens (tertiary/aromatic N) is 1. The molecule has 0 bridgehead atoms. The molecule has 0 unspecified atom stereocenters. The van der Waals surface area contributed by atoms with Crippen LogP contribution in [-0.4, -0.2) is 14.8 Å².